The quantitative estimate of drug-likeness (QED) is 0.549. The van der Waals surface area contributed by atoms with Crippen LogP contribution in [0.25, 0.3) is 17.0 Å². The number of halogens is 6. The van der Waals surface area contributed by atoms with Crippen molar-refractivity contribution in [2.45, 2.75) is 24.2 Å². The van der Waals surface area contributed by atoms with Crippen molar-refractivity contribution in [1.82, 2.24) is 19.6 Å². The lowest BCUT2D eigenvalue weighted by Gasteiger charge is -2.12. The average Bonchev–Trinajstić information content (AvgIpc) is 3.09. The summed E-state index contributed by atoms with van der Waals surface area (Å²) in [6, 6.07) is 3.75. The minimum absolute atomic E-state index is 0.180. The van der Waals surface area contributed by atoms with Crippen LogP contribution in [0.4, 0.5) is 26.3 Å². The van der Waals surface area contributed by atoms with E-state index < -0.39 is 40.4 Å². The van der Waals surface area contributed by atoms with E-state index in [1.54, 1.807) is 0 Å². The molecule has 0 aliphatic heterocycles. The largest absolute Gasteiger partial charge is 0.468 e. The fraction of sp³-hybridized carbons (Fsp3) is 0.312. The van der Waals surface area contributed by atoms with E-state index in [9.17, 15) is 34.8 Å². The Kier molecular flexibility index (Phi) is 5.39. The first-order chi connectivity index (χ1) is 13.8. The van der Waals surface area contributed by atoms with Crippen molar-refractivity contribution in [2.75, 3.05) is 12.4 Å². The number of sulfone groups is 1. The van der Waals surface area contributed by atoms with Gasteiger partial charge in [-0.3, -0.25) is 0 Å². The van der Waals surface area contributed by atoms with Crippen LogP contribution in [-0.4, -0.2) is 46.5 Å². The molecule has 30 heavy (non-hydrogen) atoms. The predicted molar refractivity (Wildman–Crippen MR) is 90.5 cm³/mol. The monoisotopic (exact) mass is 454 g/mol. The lowest BCUT2D eigenvalue weighted by molar-refractivity contribution is -0.154. The van der Waals surface area contributed by atoms with Gasteiger partial charge in [-0.25, -0.2) is 22.9 Å². The number of hydrogen-bond donors (Lipinski definition) is 0. The Morgan fingerprint density at radius 1 is 1.07 bits per heavy atom. The van der Waals surface area contributed by atoms with Gasteiger partial charge in [0.1, 0.15) is 5.69 Å². The molecule has 0 aliphatic carbocycles. The fourth-order valence-electron chi connectivity index (χ4n) is 2.40. The summed E-state index contributed by atoms with van der Waals surface area (Å²) >= 11 is 0. The van der Waals surface area contributed by atoms with Crippen molar-refractivity contribution in [3.8, 4) is 17.3 Å². The lowest BCUT2D eigenvalue weighted by Crippen LogP contribution is -2.20. The van der Waals surface area contributed by atoms with Crippen LogP contribution in [-0.2, 0) is 16.0 Å². The van der Waals surface area contributed by atoms with Crippen LogP contribution in [0.1, 0.15) is 12.6 Å². The van der Waals surface area contributed by atoms with Crippen LogP contribution in [0.3, 0.4) is 0 Å². The van der Waals surface area contributed by atoms with E-state index in [0.717, 1.165) is 28.9 Å². The third kappa shape index (κ3) is 4.63. The summed E-state index contributed by atoms with van der Waals surface area (Å²) in [6.45, 7) is -0.320. The molecule has 0 aliphatic rings. The van der Waals surface area contributed by atoms with Gasteiger partial charge in [-0.05, 0) is 12.1 Å². The van der Waals surface area contributed by atoms with Gasteiger partial charge >= 0.3 is 12.4 Å². The third-order valence-corrected chi connectivity index (χ3v) is 5.55. The van der Waals surface area contributed by atoms with E-state index in [1.807, 2.05) is 0 Å². The summed E-state index contributed by atoms with van der Waals surface area (Å²) < 4.78 is 106. The highest BCUT2D eigenvalue weighted by molar-refractivity contribution is 7.91. The Balaban J connectivity index is 2.13. The highest BCUT2D eigenvalue weighted by atomic mass is 32.2. The molecule has 162 valence electrons. The molecule has 14 heteroatoms. The SMILES string of the molecule is CCS(=O)(=O)c1ccc(OCC(F)(F)F)nc1-c1ccn2nc(C(F)(F)F)cc2n1. The van der Waals surface area contributed by atoms with Crippen LogP contribution in [0.5, 0.6) is 5.88 Å². The zero-order valence-corrected chi connectivity index (χ0v) is 15.8. The van der Waals surface area contributed by atoms with Crippen molar-refractivity contribution in [2.24, 2.45) is 0 Å². The third-order valence-electron chi connectivity index (χ3n) is 3.79. The summed E-state index contributed by atoms with van der Waals surface area (Å²) in [4.78, 5) is 7.39. The molecule has 0 unspecified atom stereocenters. The molecule has 0 atom stereocenters. The van der Waals surface area contributed by atoms with Crippen LogP contribution >= 0.6 is 0 Å². The zero-order chi connectivity index (χ0) is 22.3. The van der Waals surface area contributed by atoms with E-state index in [0.29, 0.717) is 6.07 Å². The number of alkyl halides is 6. The summed E-state index contributed by atoms with van der Waals surface area (Å²) in [6.07, 6.45) is -8.28. The number of nitrogens with zero attached hydrogens (tertiary/aromatic N) is 4. The molecule has 0 N–H and O–H groups in total. The van der Waals surface area contributed by atoms with Gasteiger partial charge < -0.3 is 4.74 Å². The van der Waals surface area contributed by atoms with Crippen LogP contribution in [0, 0.1) is 0 Å². The molecule has 3 rings (SSSR count). The Morgan fingerprint density at radius 2 is 1.77 bits per heavy atom. The maximum Gasteiger partial charge on any atom is 0.435 e. The molecule has 3 aromatic rings. The number of hydrogen-bond acceptors (Lipinski definition) is 6. The Morgan fingerprint density at radius 3 is 2.37 bits per heavy atom. The van der Waals surface area contributed by atoms with Crippen LogP contribution in [0.15, 0.2) is 35.4 Å². The topological polar surface area (TPSA) is 86.5 Å². The lowest BCUT2D eigenvalue weighted by atomic mass is 10.2. The van der Waals surface area contributed by atoms with Crippen molar-refractivity contribution < 1.29 is 39.5 Å². The summed E-state index contributed by atoms with van der Waals surface area (Å²) in [5.74, 6) is -0.874. The molecule has 0 fully saturated rings. The Hall–Kier alpha value is -2.90. The van der Waals surface area contributed by atoms with Gasteiger partial charge in [0.2, 0.25) is 5.88 Å². The van der Waals surface area contributed by atoms with Gasteiger partial charge in [0.15, 0.2) is 27.8 Å². The second-order valence-electron chi connectivity index (χ2n) is 5.95. The summed E-state index contributed by atoms with van der Waals surface area (Å²) in [5.41, 5.74) is -2.01. The van der Waals surface area contributed by atoms with Gasteiger partial charge in [0.05, 0.1) is 16.3 Å². The van der Waals surface area contributed by atoms with Gasteiger partial charge in [0.25, 0.3) is 0 Å². The normalized spacial score (nSPS) is 13.0. The molecule has 0 bridgehead atoms. The fourth-order valence-corrected chi connectivity index (χ4v) is 3.44. The minimum atomic E-state index is -4.73. The number of rotatable bonds is 5. The maximum absolute atomic E-state index is 12.8. The van der Waals surface area contributed by atoms with Gasteiger partial charge in [-0.15, -0.1) is 0 Å². The molecular formula is C16H12F6N4O3S. The van der Waals surface area contributed by atoms with E-state index in [4.69, 9.17) is 0 Å². The highest BCUT2D eigenvalue weighted by Crippen LogP contribution is 2.31. The van der Waals surface area contributed by atoms with Crippen LogP contribution < -0.4 is 4.74 Å². The number of fused-ring (bicyclic) bond motifs is 1. The molecule has 0 radical (unpaired) electrons. The molecule has 3 aromatic heterocycles. The summed E-state index contributed by atoms with van der Waals surface area (Å²) in [7, 11) is -3.89. The second-order valence-corrected chi connectivity index (χ2v) is 8.19. The first kappa shape index (κ1) is 21.8. The highest BCUT2D eigenvalue weighted by Gasteiger charge is 2.34. The molecule has 0 amide bonds. The number of ether oxygens (including phenoxy) is 1. The van der Waals surface area contributed by atoms with Crippen LogP contribution in [0.2, 0.25) is 0 Å². The van der Waals surface area contributed by atoms with Crippen molar-refractivity contribution in [1.29, 1.82) is 0 Å². The predicted octanol–water partition coefficient (Wildman–Crippen LogP) is 3.54. The molecular weight excluding hydrogens is 442 g/mol. The molecule has 0 spiro atoms. The van der Waals surface area contributed by atoms with Crippen molar-refractivity contribution in [3.05, 3.63) is 36.2 Å². The number of pyridine rings is 1. The van der Waals surface area contributed by atoms with E-state index in [1.165, 1.54) is 6.92 Å². The van der Waals surface area contributed by atoms with E-state index in [-0.39, 0.29) is 27.7 Å². The summed E-state index contributed by atoms with van der Waals surface area (Å²) in [5, 5.41) is 3.32. The van der Waals surface area contributed by atoms with Gasteiger partial charge in [0, 0.05) is 18.3 Å². The van der Waals surface area contributed by atoms with E-state index >= 15 is 0 Å². The second kappa shape index (κ2) is 7.41. The molecule has 0 aromatic carbocycles. The minimum Gasteiger partial charge on any atom is -0.468 e. The maximum atomic E-state index is 12.8. The molecule has 7 nitrogen and oxygen atoms in total. The molecule has 3 heterocycles. The zero-order valence-electron chi connectivity index (χ0n) is 15.0. The molecule has 0 saturated carbocycles. The first-order valence-corrected chi connectivity index (χ1v) is 9.83. The van der Waals surface area contributed by atoms with E-state index in [2.05, 4.69) is 19.8 Å². The Labute approximate surface area is 165 Å². The molecule has 0 saturated heterocycles. The van der Waals surface area contributed by atoms with Gasteiger partial charge in [-0.1, -0.05) is 6.92 Å². The van der Waals surface area contributed by atoms with Crippen molar-refractivity contribution >= 4 is 15.5 Å². The van der Waals surface area contributed by atoms with Gasteiger partial charge in [-0.2, -0.15) is 31.4 Å². The Bertz CT molecular complexity index is 1190. The average molecular weight is 454 g/mol. The van der Waals surface area contributed by atoms with Crippen molar-refractivity contribution in [3.63, 3.8) is 0 Å². The first-order valence-electron chi connectivity index (χ1n) is 8.17. The standard InChI is InChI=1S/C16H12F6N4O3S/c1-2-30(27,28)10-3-4-13(29-8-15(17,18)19)24-14(10)9-5-6-26-12(23-9)7-11(25-26)16(20,21)22/h3-7H,2,8H2,1H3. The number of aromatic nitrogens is 4. The smallest absolute Gasteiger partial charge is 0.435 e.